The molecule has 104 valence electrons. The number of hydrogen-bond acceptors (Lipinski definition) is 3. The molecule has 1 aromatic carbocycles. The van der Waals surface area contributed by atoms with Gasteiger partial charge in [0.1, 0.15) is 5.82 Å². The minimum absolute atomic E-state index is 0.229. The first kappa shape index (κ1) is 14.0. The molecule has 0 saturated heterocycles. The Bertz CT molecular complexity index is 459. The van der Waals surface area contributed by atoms with E-state index in [2.05, 4.69) is 0 Å². The second-order valence-electron chi connectivity index (χ2n) is 5.43. The van der Waals surface area contributed by atoms with Crippen molar-refractivity contribution in [2.75, 3.05) is 13.7 Å². The summed E-state index contributed by atoms with van der Waals surface area (Å²) < 4.78 is 18.2. The van der Waals surface area contributed by atoms with E-state index in [4.69, 9.17) is 10.5 Å². The molecule has 1 fully saturated rings. The van der Waals surface area contributed by atoms with Crippen LogP contribution in [0.15, 0.2) is 24.3 Å². The molecule has 0 aromatic heterocycles. The van der Waals surface area contributed by atoms with Crippen LogP contribution in [0.25, 0.3) is 0 Å². The first-order chi connectivity index (χ1) is 9.09. The van der Waals surface area contributed by atoms with Crippen LogP contribution in [0.5, 0.6) is 0 Å². The van der Waals surface area contributed by atoms with Crippen molar-refractivity contribution in [1.29, 1.82) is 0 Å². The Kier molecular flexibility index (Phi) is 4.20. The molecule has 1 aromatic rings. The van der Waals surface area contributed by atoms with E-state index in [0.29, 0.717) is 12.3 Å². The van der Waals surface area contributed by atoms with Gasteiger partial charge in [-0.3, -0.25) is 4.79 Å². The van der Waals surface area contributed by atoms with Gasteiger partial charge >= 0.3 is 5.97 Å². The first-order valence-electron chi connectivity index (χ1n) is 6.62. The van der Waals surface area contributed by atoms with E-state index in [1.54, 1.807) is 6.07 Å². The minimum atomic E-state index is -0.719. The number of ether oxygens (including phenoxy) is 1. The lowest BCUT2D eigenvalue weighted by Crippen LogP contribution is -2.42. The van der Waals surface area contributed by atoms with Gasteiger partial charge in [-0.05, 0) is 36.5 Å². The fourth-order valence-corrected chi connectivity index (χ4v) is 2.60. The third kappa shape index (κ3) is 3.32. The monoisotopic (exact) mass is 265 g/mol. The van der Waals surface area contributed by atoms with Crippen LogP contribution in [0.2, 0.25) is 0 Å². The number of halogens is 1. The zero-order valence-electron chi connectivity index (χ0n) is 11.2. The SMILES string of the molecule is COC(=O)C(CN)(Cc1cccc(F)c1)CC1CC1. The molecule has 1 aliphatic carbocycles. The molecule has 19 heavy (non-hydrogen) atoms. The quantitative estimate of drug-likeness (QED) is 0.803. The number of esters is 1. The molecule has 4 heteroatoms. The van der Waals surface area contributed by atoms with Crippen LogP contribution in [0, 0.1) is 17.2 Å². The van der Waals surface area contributed by atoms with E-state index in [1.807, 2.05) is 6.07 Å². The maximum atomic E-state index is 13.3. The third-order valence-electron chi connectivity index (χ3n) is 3.82. The fourth-order valence-electron chi connectivity index (χ4n) is 2.60. The van der Waals surface area contributed by atoms with Gasteiger partial charge in [0.05, 0.1) is 12.5 Å². The highest BCUT2D eigenvalue weighted by molar-refractivity contribution is 5.77. The molecule has 0 aliphatic heterocycles. The number of rotatable bonds is 6. The van der Waals surface area contributed by atoms with Crippen molar-refractivity contribution in [3.63, 3.8) is 0 Å². The molecule has 0 bridgehead atoms. The maximum Gasteiger partial charge on any atom is 0.313 e. The summed E-state index contributed by atoms with van der Waals surface area (Å²) >= 11 is 0. The predicted octanol–water partition coefficient (Wildman–Crippen LogP) is 2.29. The van der Waals surface area contributed by atoms with Crippen molar-refractivity contribution in [3.05, 3.63) is 35.6 Å². The van der Waals surface area contributed by atoms with Crippen molar-refractivity contribution in [2.24, 2.45) is 17.1 Å². The smallest absolute Gasteiger partial charge is 0.313 e. The van der Waals surface area contributed by atoms with E-state index in [-0.39, 0.29) is 18.3 Å². The van der Waals surface area contributed by atoms with Gasteiger partial charge in [-0.2, -0.15) is 0 Å². The molecule has 1 aliphatic rings. The molecule has 0 amide bonds. The van der Waals surface area contributed by atoms with Crippen molar-refractivity contribution >= 4 is 5.97 Å². The highest BCUT2D eigenvalue weighted by Gasteiger charge is 2.43. The van der Waals surface area contributed by atoms with Gasteiger partial charge in [-0.15, -0.1) is 0 Å². The molecule has 1 saturated carbocycles. The molecule has 1 atom stereocenters. The van der Waals surface area contributed by atoms with Gasteiger partial charge in [-0.1, -0.05) is 25.0 Å². The number of benzene rings is 1. The Morgan fingerprint density at radius 3 is 2.79 bits per heavy atom. The standard InChI is InChI=1S/C15H20FNO2/c1-19-14(18)15(10-17,8-11-5-6-11)9-12-3-2-4-13(16)7-12/h2-4,7,11H,5-6,8-10,17H2,1H3. The number of nitrogens with two attached hydrogens (primary N) is 1. The topological polar surface area (TPSA) is 52.3 Å². The molecule has 0 heterocycles. The average Bonchev–Trinajstić information content (AvgIpc) is 3.21. The normalized spacial score (nSPS) is 17.8. The largest absolute Gasteiger partial charge is 0.469 e. The zero-order chi connectivity index (χ0) is 13.9. The van der Waals surface area contributed by atoms with E-state index < -0.39 is 5.41 Å². The van der Waals surface area contributed by atoms with Gasteiger partial charge in [0, 0.05) is 6.54 Å². The van der Waals surface area contributed by atoms with Crippen LogP contribution in [-0.4, -0.2) is 19.6 Å². The van der Waals surface area contributed by atoms with Gasteiger partial charge in [-0.25, -0.2) is 4.39 Å². The highest BCUT2D eigenvalue weighted by atomic mass is 19.1. The van der Waals surface area contributed by atoms with Gasteiger partial charge in [0.15, 0.2) is 0 Å². The van der Waals surface area contributed by atoms with Crippen molar-refractivity contribution < 1.29 is 13.9 Å². The number of carbonyl (C=O) groups excluding carboxylic acids is 1. The summed E-state index contributed by atoms with van der Waals surface area (Å²) in [5.74, 6) is -0.0259. The molecule has 2 N–H and O–H groups in total. The summed E-state index contributed by atoms with van der Waals surface area (Å²) in [6.07, 6.45) is 3.45. The Balaban J connectivity index is 2.22. The number of methoxy groups -OCH3 is 1. The molecule has 1 unspecified atom stereocenters. The van der Waals surface area contributed by atoms with Crippen LogP contribution in [0.1, 0.15) is 24.8 Å². The van der Waals surface area contributed by atoms with Crippen LogP contribution in [-0.2, 0) is 16.0 Å². The summed E-state index contributed by atoms with van der Waals surface area (Å²) in [6.45, 7) is 0.229. The average molecular weight is 265 g/mol. The van der Waals surface area contributed by atoms with Crippen LogP contribution >= 0.6 is 0 Å². The van der Waals surface area contributed by atoms with Gasteiger partial charge in [0.25, 0.3) is 0 Å². The lowest BCUT2D eigenvalue weighted by atomic mass is 9.77. The van der Waals surface area contributed by atoms with E-state index in [1.165, 1.54) is 19.2 Å². The number of hydrogen-bond donors (Lipinski definition) is 1. The molecule has 0 radical (unpaired) electrons. The molecule has 0 spiro atoms. The van der Waals surface area contributed by atoms with Crippen LogP contribution in [0.3, 0.4) is 0 Å². The van der Waals surface area contributed by atoms with Crippen molar-refractivity contribution in [3.8, 4) is 0 Å². The van der Waals surface area contributed by atoms with Gasteiger partial charge in [0.2, 0.25) is 0 Å². The van der Waals surface area contributed by atoms with Crippen LogP contribution < -0.4 is 5.73 Å². The molecular weight excluding hydrogens is 245 g/mol. The summed E-state index contributed by atoms with van der Waals surface area (Å²) in [5.41, 5.74) is 5.92. The summed E-state index contributed by atoms with van der Waals surface area (Å²) in [7, 11) is 1.38. The Morgan fingerprint density at radius 1 is 1.53 bits per heavy atom. The zero-order valence-corrected chi connectivity index (χ0v) is 11.2. The molecular formula is C15H20FNO2. The fraction of sp³-hybridized carbons (Fsp3) is 0.533. The predicted molar refractivity (Wildman–Crippen MR) is 70.9 cm³/mol. The Labute approximate surface area is 112 Å². The molecule has 2 rings (SSSR count). The van der Waals surface area contributed by atoms with Crippen molar-refractivity contribution in [1.82, 2.24) is 0 Å². The first-order valence-corrected chi connectivity index (χ1v) is 6.62. The summed E-state index contributed by atoms with van der Waals surface area (Å²) in [4.78, 5) is 12.1. The van der Waals surface area contributed by atoms with Crippen LogP contribution in [0.4, 0.5) is 4.39 Å². The lowest BCUT2D eigenvalue weighted by molar-refractivity contribution is -0.153. The summed E-state index contributed by atoms with van der Waals surface area (Å²) in [5, 5.41) is 0. The van der Waals surface area contributed by atoms with E-state index >= 15 is 0 Å². The Morgan fingerprint density at radius 2 is 2.26 bits per heavy atom. The minimum Gasteiger partial charge on any atom is -0.469 e. The Hall–Kier alpha value is -1.42. The second kappa shape index (κ2) is 5.70. The van der Waals surface area contributed by atoms with E-state index in [9.17, 15) is 9.18 Å². The second-order valence-corrected chi connectivity index (χ2v) is 5.43. The third-order valence-corrected chi connectivity index (χ3v) is 3.82. The highest BCUT2D eigenvalue weighted by Crippen LogP contribution is 2.42. The summed E-state index contributed by atoms with van der Waals surface area (Å²) in [6, 6.07) is 6.33. The van der Waals surface area contributed by atoms with Gasteiger partial charge < -0.3 is 10.5 Å². The molecule has 3 nitrogen and oxygen atoms in total. The van der Waals surface area contributed by atoms with E-state index in [0.717, 1.165) is 24.8 Å². The lowest BCUT2D eigenvalue weighted by Gasteiger charge is -2.29. The van der Waals surface area contributed by atoms with Crippen molar-refractivity contribution in [2.45, 2.75) is 25.7 Å². The maximum absolute atomic E-state index is 13.3. The number of carbonyl (C=O) groups is 1.